The van der Waals surface area contributed by atoms with Gasteiger partial charge in [-0.1, -0.05) is 18.2 Å². The van der Waals surface area contributed by atoms with E-state index in [4.69, 9.17) is 4.74 Å². The van der Waals surface area contributed by atoms with E-state index in [0.29, 0.717) is 11.8 Å². The van der Waals surface area contributed by atoms with Crippen LogP contribution in [0.1, 0.15) is 15.9 Å². The van der Waals surface area contributed by atoms with Crippen molar-refractivity contribution in [3.05, 3.63) is 95.3 Å². The van der Waals surface area contributed by atoms with Crippen LogP contribution in [0.15, 0.2) is 66.7 Å². The summed E-state index contributed by atoms with van der Waals surface area (Å²) >= 11 is 0. The molecular weight excluding hydrogens is 343 g/mol. The first kappa shape index (κ1) is 17.5. The lowest BCUT2D eigenvalue weighted by Crippen LogP contribution is -2.13. The average Bonchev–Trinajstić information content (AvgIpc) is 2.64. The minimum atomic E-state index is -0.859. The number of hydrogen-bond donors (Lipinski definition) is 1. The molecule has 0 saturated carbocycles. The molecule has 0 aliphatic carbocycles. The van der Waals surface area contributed by atoms with Crippen LogP contribution in [0.25, 0.3) is 0 Å². The average molecular weight is 357 g/mol. The smallest absolute Gasteiger partial charge is 0.255 e. The van der Waals surface area contributed by atoms with Gasteiger partial charge in [0.2, 0.25) is 0 Å². The standard InChI is InChI=1S/C20H14F3NO2/c21-15-6-4-13(5-7-15)12-26-17-3-1-2-14(10-17)20(25)24-19-9-8-16(22)11-18(19)23/h1-11H,12H2,(H,24,25). The first-order valence-electron chi connectivity index (χ1n) is 7.75. The van der Waals surface area contributed by atoms with E-state index in [-0.39, 0.29) is 23.7 Å². The van der Waals surface area contributed by atoms with E-state index in [1.54, 1.807) is 30.3 Å². The van der Waals surface area contributed by atoms with Crippen LogP contribution in [-0.2, 0) is 6.61 Å². The number of anilines is 1. The van der Waals surface area contributed by atoms with E-state index in [1.807, 2.05) is 0 Å². The van der Waals surface area contributed by atoms with Crippen LogP contribution in [0, 0.1) is 17.5 Å². The van der Waals surface area contributed by atoms with Crippen LogP contribution in [0.2, 0.25) is 0 Å². The highest BCUT2D eigenvalue weighted by Gasteiger charge is 2.11. The molecule has 0 fully saturated rings. The van der Waals surface area contributed by atoms with Crippen LogP contribution in [0.5, 0.6) is 5.75 Å². The molecule has 0 bridgehead atoms. The Morgan fingerprint density at radius 3 is 2.35 bits per heavy atom. The third-order valence-electron chi connectivity index (χ3n) is 3.59. The summed E-state index contributed by atoms with van der Waals surface area (Å²) in [6, 6.07) is 15.1. The second-order valence-electron chi connectivity index (χ2n) is 5.52. The van der Waals surface area contributed by atoms with Crippen LogP contribution >= 0.6 is 0 Å². The molecule has 0 saturated heterocycles. The molecule has 0 aliphatic heterocycles. The van der Waals surface area contributed by atoms with E-state index >= 15 is 0 Å². The highest BCUT2D eigenvalue weighted by Crippen LogP contribution is 2.19. The number of halogens is 3. The molecule has 0 unspecified atom stereocenters. The SMILES string of the molecule is O=C(Nc1ccc(F)cc1F)c1cccc(OCc2ccc(F)cc2)c1. The maximum absolute atomic E-state index is 13.6. The van der Waals surface area contributed by atoms with Crippen molar-refractivity contribution >= 4 is 11.6 Å². The van der Waals surface area contributed by atoms with Crippen molar-refractivity contribution in [2.75, 3.05) is 5.32 Å². The second kappa shape index (κ2) is 7.74. The molecule has 1 amide bonds. The van der Waals surface area contributed by atoms with Gasteiger partial charge >= 0.3 is 0 Å². The van der Waals surface area contributed by atoms with Gasteiger partial charge in [-0.2, -0.15) is 0 Å². The van der Waals surface area contributed by atoms with Crippen molar-refractivity contribution in [1.82, 2.24) is 0 Å². The molecule has 1 N–H and O–H groups in total. The number of rotatable bonds is 5. The van der Waals surface area contributed by atoms with Crippen molar-refractivity contribution in [3.63, 3.8) is 0 Å². The molecule has 132 valence electrons. The van der Waals surface area contributed by atoms with Crippen LogP contribution in [0.4, 0.5) is 18.9 Å². The second-order valence-corrected chi connectivity index (χ2v) is 5.52. The molecular formula is C20H14F3NO2. The third kappa shape index (κ3) is 4.42. The summed E-state index contributed by atoms with van der Waals surface area (Å²) in [6.07, 6.45) is 0. The molecule has 0 radical (unpaired) electrons. The van der Waals surface area contributed by atoms with Gasteiger partial charge in [-0.05, 0) is 48.0 Å². The Bertz CT molecular complexity index is 927. The summed E-state index contributed by atoms with van der Waals surface area (Å²) in [6.45, 7) is 0.206. The molecule has 0 aromatic heterocycles. The summed E-state index contributed by atoms with van der Waals surface area (Å²) in [5.74, 6) is -2.04. The van der Waals surface area contributed by atoms with Gasteiger partial charge in [0.1, 0.15) is 29.8 Å². The Labute approximate surface area is 148 Å². The van der Waals surface area contributed by atoms with Crippen LogP contribution < -0.4 is 10.1 Å². The molecule has 3 nitrogen and oxygen atoms in total. The Kier molecular flexibility index (Phi) is 5.22. The largest absolute Gasteiger partial charge is 0.489 e. The molecule has 0 atom stereocenters. The summed E-state index contributed by atoms with van der Waals surface area (Å²) in [4.78, 5) is 12.2. The monoisotopic (exact) mass is 357 g/mol. The molecule has 3 aromatic carbocycles. The summed E-state index contributed by atoms with van der Waals surface area (Å²) in [5, 5.41) is 2.38. The van der Waals surface area contributed by atoms with Crippen molar-refractivity contribution in [3.8, 4) is 5.75 Å². The van der Waals surface area contributed by atoms with E-state index in [1.165, 1.54) is 18.2 Å². The maximum Gasteiger partial charge on any atom is 0.255 e. The predicted octanol–water partition coefficient (Wildman–Crippen LogP) is 4.94. The fraction of sp³-hybridized carbons (Fsp3) is 0.0500. The van der Waals surface area contributed by atoms with Gasteiger partial charge < -0.3 is 10.1 Å². The number of ether oxygens (including phenoxy) is 1. The molecule has 26 heavy (non-hydrogen) atoms. The highest BCUT2D eigenvalue weighted by molar-refractivity contribution is 6.04. The van der Waals surface area contributed by atoms with E-state index in [2.05, 4.69) is 5.32 Å². The van der Waals surface area contributed by atoms with Crippen molar-refractivity contribution in [2.45, 2.75) is 6.61 Å². The van der Waals surface area contributed by atoms with Gasteiger partial charge in [0.25, 0.3) is 5.91 Å². The number of carbonyl (C=O) groups is 1. The van der Waals surface area contributed by atoms with E-state index in [0.717, 1.165) is 17.7 Å². The van der Waals surface area contributed by atoms with Gasteiger partial charge in [-0.25, -0.2) is 13.2 Å². The lowest BCUT2D eigenvalue weighted by atomic mass is 10.2. The number of benzene rings is 3. The topological polar surface area (TPSA) is 38.3 Å². The predicted molar refractivity (Wildman–Crippen MR) is 91.5 cm³/mol. The minimum absolute atomic E-state index is 0.117. The van der Waals surface area contributed by atoms with E-state index in [9.17, 15) is 18.0 Å². The van der Waals surface area contributed by atoms with E-state index < -0.39 is 17.5 Å². The lowest BCUT2D eigenvalue weighted by molar-refractivity contribution is 0.102. The Morgan fingerprint density at radius 1 is 0.885 bits per heavy atom. The Balaban J connectivity index is 1.67. The number of carbonyl (C=O) groups excluding carboxylic acids is 1. The Morgan fingerprint density at radius 2 is 1.62 bits per heavy atom. The van der Waals surface area contributed by atoms with Gasteiger partial charge in [-0.3, -0.25) is 4.79 Å². The lowest BCUT2D eigenvalue weighted by Gasteiger charge is -2.09. The zero-order chi connectivity index (χ0) is 18.5. The minimum Gasteiger partial charge on any atom is -0.489 e. The van der Waals surface area contributed by atoms with Gasteiger partial charge in [0.15, 0.2) is 0 Å². The normalized spacial score (nSPS) is 10.4. The fourth-order valence-corrected chi connectivity index (χ4v) is 2.26. The summed E-state index contributed by atoms with van der Waals surface area (Å²) < 4.78 is 45.0. The first-order chi connectivity index (χ1) is 12.5. The van der Waals surface area contributed by atoms with Gasteiger partial charge in [0.05, 0.1) is 5.69 Å². The zero-order valence-corrected chi connectivity index (χ0v) is 13.5. The van der Waals surface area contributed by atoms with Crippen LogP contribution in [0.3, 0.4) is 0 Å². The molecule has 0 aliphatic rings. The highest BCUT2D eigenvalue weighted by atomic mass is 19.1. The van der Waals surface area contributed by atoms with Crippen molar-refractivity contribution < 1.29 is 22.7 Å². The number of amides is 1. The van der Waals surface area contributed by atoms with Gasteiger partial charge in [0, 0.05) is 11.6 Å². The number of hydrogen-bond acceptors (Lipinski definition) is 2. The molecule has 0 spiro atoms. The molecule has 3 aromatic rings. The number of nitrogens with one attached hydrogen (secondary N) is 1. The van der Waals surface area contributed by atoms with Crippen molar-refractivity contribution in [1.29, 1.82) is 0 Å². The fourth-order valence-electron chi connectivity index (χ4n) is 2.26. The molecule has 3 rings (SSSR count). The third-order valence-corrected chi connectivity index (χ3v) is 3.59. The zero-order valence-electron chi connectivity index (χ0n) is 13.5. The first-order valence-corrected chi connectivity index (χ1v) is 7.75. The Hall–Kier alpha value is -3.28. The van der Waals surface area contributed by atoms with Crippen LogP contribution in [-0.4, -0.2) is 5.91 Å². The summed E-state index contributed by atoms with van der Waals surface area (Å²) in [7, 11) is 0. The molecule has 0 heterocycles. The van der Waals surface area contributed by atoms with Crippen molar-refractivity contribution in [2.24, 2.45) is 0 Å². The quantitative estimate of drug-likeness (QED) is 0.703. The molecule has 6 heteroatoms. The maximum atomic E-state index is 13.6. The summed E-state index contributed by atoms with van der Waals surface area (Å²) in [5.41, 5.74) is 0.911. The van der Waals surface area contributed by atoms with Gasteiger partial charge in [-0.15, -0.1) is 0 Å².